The van der Waals surface area contributed by atoms with Gasteiger partial charge in [0.2, 0.25) is 0 Å². The van der Waals surface area contributed by atoms with Gasteiger partial charge >= 0.3 is 5.97 Å². The zero-order chi connectivity index (χ0) is 14.5. The lowest BCUT2D eigenvalue weighted by atomic mass is 10.1. The van der Waals surface area contributed by atoms with Crippen molar-refractivity contribution in [2.45, 2.75) is 26.0 Å². The molecule has 5 nitrogen and oxygen atoms in total. The van der Waals surface area contributed by atoms with Gasteiger partial charge in [0.1, 0.15) is 12.3 Å². The fourth-order valence-corrected chi connectivity index (χ4v) is 1.93. The van der Waals surface area contributed by atoms with E-state index in [2.05, 4.69) is 4.98 Å². The van der Waals surface area contributed by atoms with Crippen LogP contribution >= 0.6 is 0 Å². The third-order valence-electron chi connectivity index (χ3n) is 3.03. The Morgan fingerprint density at radius 1 is 1.35 bits per heavy atom. The highest BCUT2D eigenvalue weighted by molar-refractivity contribution is 5.87. The molecule has 1 aromatic heterocycles. The highest BCUT2D eigenvalue weighted by Crippen LogP contribution is 2.19. The molecule has 0 saturated heterocycles. The number of aliphatic hydroxyl groups is 1. The number of esters is 1. The summed E-state index contributed by atoms with van der Waals surface area (Å²) in [5, 5.41) is 9.16. The van der Waals surface area contributed by atoms with Crippen LogP contribution in [-0.2, 0) is 4.74 Å². The number of benzene rings is 1. The first-order valence-corrected chi connectivity index (χ1v) is 6.51. The molecule has 0 saturated carbocycles. The van der Waals surface area contributed by atoms with Gasteiger partial charge in [0, 0.05) is 0 Å². The molecule has 0 spiro atoms. The first-order valence-electron chi connectivity index (χ1n) is 6.51. The van der Waals surface area contributed by atoms with Crippen LogP contribution in [0.2, 0.25) is 0 Å². The van der Waals surface area contributed by atoms with Gasteiger partial charge in [-0.3, -0.25) is 0 Å². The van der Waals surface area contributed by atoms with Crippen molar-refractivity contribution in [1.29, 1.82) is 0 Å². The van der Waals surface area contributed by atoms with Gasteiger partial charge in [0.15, 0.2) is 0 Å². The molecule has 2 unspecified atom stereocenters. The van der Waals surface area contributed by atoms with Gasteiger partial charge in [0.25, 0.3) is 0 Å². The van der Waals surface area contributed by atoms with E-state index >= 15 is 0 Å². The summed E-state index contributed by atoms with van der Waals surface area (Å²) in [4.78, 5) is 16.0. The van der Waals surface area contributed by atoms with Crippen LogP contribution in [0.15, 0.2) is 42.9 Å². The molecular formula is C15H18N2O3. The topological polar surface area (TPSA) is 64.3 Å². The van der Waals surface area contributed by atoms with Crippen LogP contribution in [0.5, 0.6) is 0 Å². The van der Waals surface area contributed by atoms with E-state index in [0.717, 1.165) is 5.56 Å². The van der Waals surface area contributed by atoms with Gasteiger partial charge in [-0.15, -0.1) is 0 Å². The first kappa shape index (κ1) is 14.3. The largest absolute Gasteiger partial charge is 0.458 e. The van der Waals surface area contributed by atoms with E-state index in [-0.39, 0.29) is 12.6 Å². The summed E-state index contributed by atoms with van der Waals surface area (Å²) in [5.74, 6) is -0.480. The van der Waals surface area contributed by atoms with Crippen LogP contribution < -0.4 is 0 Å². The monoisotopic (exact) mass is 274 g/mol. The van der Waals surface area contributed by atoms with E-state index in [0.29, 0.717) is 5.69 Å². The number of imidazole rings is 1. The predicted octanol–water partition coefficient (Wildman–Crippen LogP) is 2.03. The number of aromatic nitrogens is 2. The van der Waals surface area contributed by atoms with Crippen molar-refractivity contribution in [2.75, 3.05) is 6.61 Å². The van der Waals surface area contributed by atoms with Crippen molar-refractivity contribution in [2.24, 2.45) is 0 Å². The minimum atomic E-state index is -0.679. The summed E-state index contributed by atoms with van der Waals surface area (Å²) in [5.41, 5.74) is 1.46. The Bertz CT molecular complexity index is 564. The molecule has 2 aromatic rings. The number of hydrogen-bond donors (Lipinski definition) is 1. The maximum atomic E-state index is 12.0. The van der Waals surface area contributed by atoms with E-state index in [1.165, 1.54) is 6.20 Å². The van der Waals surface area contributed by atoms with Crippen molar-refractivity contribution in [3.05, 3.63) is 54.1 Å². The number of aliphatic hydroxyl groups excluding tert-OH is 1. The standard InChI is InChI=1S/C15H18N2O3/c1-11(18)9-20-15(19)14-8-16-10-17(14)12(2)13-6-4-3-5-7-13/h3-8,10-12,18H,9H2,1-2H3. The molecule has 5 heteroatoms. The second-order valence-corrected chi connectivity index (χ2v) is 4.72. The Morgan fingerprint density at radius 3 is 2.70 bits per heavy atom. The average Bonchev–Trinajstić information content (AvgIpc) is 2.94. The first-order chi connectivity index (χ1) is 9.59. The summed E-state index contributed by atoms with van der Waals surface area (Å²) in [7, 11) is 0. The van der Waals surface area contributed by atoms with Crippen molar-refractivity contribution in [3.8, 4) is 0 Å². The van der Waals surface area contributed by atoms with E-state index in [4.69, 9.17) is 9.84 Å². The van der Waals surface area contributed by atoms with E-state index < -0.39 is 12.1 Å². The van der Waals surface area contributed by atoms with Crippen molar-refractivity contribution >= 4 is 5.97 Å². The summed E-state index contributed by atoms with van der Waals surface area (Å²) in [6.07, 6.45) is 2.40. The molecule has 0 amide bonds. The van der Waals surface area contributed by atoms with E-state index in [1.807, 2.05) is 37.3 Å². The minimum Gasteiger partial charge on any atom is -0.458 e. The van der Waals surface area contributed by atoms with Crippen LogP contribution in [0.1, 0.15) is 35.9 Å². The van der Waals surface area contributed by atoms with Gasteiger partial charge in [-0.25, -0.2) is 9.78 Å². The molecule has 0 aliphatic heterocycles. The van der Waals surface area contributed by atoms with Gasteiger partial charge in [-0.2, -0.15) is 0 Å². The number of rotatable bonds is 5. The summed E-state index contributed by atoms with van der Waals surface area (Å²) < 4.78 is 6.79. The quantitative estimate of drug-likeness (QED) is 0.847. The van der Waals surface area contributed by atoms with Crippen LogP contribution in [-0.4, -0.2) is 33.3 Å². The Kier molecular flexibility index (Phi) is 4.53. The van der Waals surface area contributed by atoms with E-state index in [9.17, 15) is 4.79 Å². The average molecular weight is 274 g/mol. The molecule has 0 aliphatic carbocycles. The maximum absolute atomic E-state index is 12.0. The maximum Gasteiger partial charge on any atom is 0.356 e. The van der Waals surface area contributed by atoms with Gasteiger partial charge in [0.05, 0.1) is 24.7 Å². The number of nitrogens with zero attached hydrogens (tertiary/aromatic N) is 2. The van der Waals surface area contributed by atoms with Crippen molar-refractivity contribution in [3.63, 3.8) is 0 Å². The lowest BCUT2D eigenvalue weighted by Crippen LogP contribution is -2.19. The second kappa shape index (κ2) is 6.34. The van der Waals surface area contributed by atoms with Crippen molar-refractivity contribution < 1.29 is 14.6 Å². The lowest BCUT2D eigenvalue weighted by Gasteiger charge is -2.16. The van der Waals surface area contributed by atoms with Crippen LogP contribution in [0.25, 0.3) is 0 Å². The molecular weight excluding hydrogens is 256 g/mol. The smallest absolute Gasteiger partial charge is 0.356 e. The van der Waals surface area contributed by atoms with Crippen molar-refractivity contribution in [1.82, 2.24) is 9.55 Å². The fourth-order valence-electron chi connectivity index (χ4n) is 1.93. The number of carbonyl (C=O) groups excluding carboxylic acids is 1. The fraction of sp³-hybridized carbons (Fsp3) is 0.333. The van der Waals surface area contributed by atoms with Gasteiger partial charge < -0.3 is 14.4 Å². The molecule has 1 heterocycles. The number of carbonyl (C=O) groups is 1. The molecule has 0 fully saturated rings. The second-order valence-electron chi connectivity index (χ2n) is 4.72. The zero-order valence-corrected chi connectivity index (χ0v) is 11.6. The highest BCUT2D eigenvalue weighted by Gasteiger charge is 2.18. The molecule has 0 radical (unpaired) electrons. The summed E-state index contributed by atoms with van der Waals surface area (Å²) >= 11 is 0. The predicted molar refractivity (Wildman–Crippen MR) is 74.4 cm³/mol. The number of ether oxygens (including phenoxy) is 1. The normalized spacial score (nSPS) is 13.8. The molecule has 0 aliphatic rings. The van der Waals surface area contributed by atoms with E-state index in [1.54, 1.807) is 17.8 Å². The Hall–Kier alpha value is -2.14. The summed E-state index contributed by atoms with van der Waals surface area (Å²) in [6.45, 7) is 3.53. The zero-order valence-electron chi connectivity index (χ0n) is 11.6. The third kappa shape index (κ3) is 3.24. The molecule has 0 bridgehead atoms. The molecule has 106 valence electrons. The molecule has 1 N–H and O–H groups in total. The highest BCUT2D eigenvalue weighted by atomic mass is 16.5. The van der Waals surface area contributed by atoms with Gasteiger partial charge in [-0.1, -0.05) is 30.3 Å². The summed E-state index contributed by atoms with van der Waals surface area (Å²) in [6, 6.07) is 9.82. The molecule has 1 aromatic carbocycles. The SMILES string of the molecule is CC(O)COC(=O)c1cncn1C(C)c1ccccc1. The lowest BCUT2D eigenvalue weighted by molar-refractivity contribution is 0.0284. The van der Waals surface area contributed by atoms with Crippen LogP contribution in [0.3, 0.4) is 0 Å². The van der Waals surface area contributed by atoms with Gasteiger partial charge in [-0.05, 0) is 19.4 Å². The Morgan fingerprint density at radius 2 is 2.05 bits per heavy atom. The molecule has 20 heavy (non-hydrogen) atoms. The third-order valence-corrected chi connectivity index (χ3v) is 3.03. The van der Waals surface area contributed by atoms with Crippen LogP contribution in [0.4, 0.5) is 0 Å². The Labute approximate surface area is 117 Å². The molecule has 2 rings (SSSR count). The molecule has 2 atom stereocenters. The van der Waals surface area contributed by atoms with Crippen LogP contribution in [0, 0.1) is 0 Å². The number of hydrogen-bond acceptors (Lipinski definition) is 4. The minimum absolute atomic E-state index is 0.0206. The Balaban J connectivity index is 2.18.